The second-order valence-corrected chi connectivity index (χ2v) is 5.58. The molecule has 0 bridgehead atoms. The van der Waals surface area contributed by atoms with Crippen molar-refractivity contribution in [3.8, 4) is 0 Å². The van der Waals surface area contributed by atoms with Crippen molar-refractivity contribution in [2.24, 2.45) is 11.7 Å². The molecule has 1 aromatic heterocycles. The second kappa shape index (κ2) is 4.86. The van der Waals surface area contributed by atoms with E-state index in [1.54, 1.807) is 0 Å². The second-order valence-electron chi connectivity index (χ2n) is 5.58. The highest BCUT2D eigenvalue weighted by atomic mass is 19.3. The number of fused-ring (bicyclic) bond motifs is 1. The summed E-state index contributed by atoms with van der Waals surface area (Å²) in [5.74, 6) is -5.10. The fourth-order valence-electron chi connectivity index (χ4n) is 2.81. The zero-order valence-corrected chi connectivity index (χ0v) is 11.4. The van der Waals surface area contributed by atoms with Crippen molar-refractivity contribution >= 4 is 16.9 Å². The molecule has 0 saturated heterocycles. The van der Waals surface area contributed by atoms with E-state index in [1.165, 1.54) is 6.07 Å². The predicted octanol–water partition coefficient (Wildman–Crippen LogP) is 2.62. The largest absolute Gasteiger partial charge is 0.450 e. The first-order chi connectivity index (χ1) is 10.3. The lowest BCUT2D eigenvalue weighted by molar-refractivity contribution is -0.109. The van der Waals surface area contributed by atoms with Crippen molar-refractivity contribution in [2.75, 3.05) is 0 Å². The molecular weight excluding hydrogens is 299 g/mol. The zero-order chi connectivity index (χ0) is 16.1. The fourth-order valence-corrected chi connectivity index (χ4v) is 2.81. The van der Waals surface area contributed by atoms with E-state index in [2.05, 4.69) is 0 Å². The van der Waals surface area contributed by atoms with Crippen LogP contribution < -0.4 is 11.2 Å². The number of benzene rings is 1. The number of hydrogen-bond acceptors (Lipinski definition) is 3. The van der Waals surface area contributed by atoms with Crippen molar-refractivity contribution in [3.63, 3.8) is 0 Å². The molecule has 1 amide bonds. The van der Waals surface area contributed by atoms with Gasteiger partial charge >= 0.3 is 0 Å². The van der Waals surface area contributed by atoms with Crippen LogP contribution in [-0.4, -0.2) is 11.8 Å². The predicted molar refractivity (Wildman–Crippen MR) is 72.3 cm³/mol. The van der Waals surface area contributed by atoms with Crippen molar-refractivity contribution in [1.82, 2.24) is 0 Å². The number of amides is 1. The van der Waals surface area contributed by atoms with Crippen LogP contribution >= 0.6 is 0 Å². The summed E-state index contributed by atoms with van der Waals surface area (Å²) in [5.41, 5.74) is 4.56. The van der Waals surface area contributed by atoms with E-state index < -0.39 is 29.0 Å². The molecule has 1 aliphatic carbocycles. The quantitative estimate of drug-likeness (QED) is 0.947. The maximum atomic E-state index is 13.3. The van der Waals surface area contributed by atoms with Crippen LogP contribution in [0.2, 0.25) is 0 Å². The van der Waals surface area contributed by atoms with Crippen molar-refractivity contribution < 1.29 is 22.4 Å². The summed E-state index contributed by atoms with van der Waals surface area (Å²) in [6.07, 6.45) is -0.750. The Bertz CT molecular complexity index is 821. The number of primary amides is 1. The lowest BCUT2D eigenvalue weighted by Gasteiger charge is -2.34. The van der Waals surface area contributed by atoms with Crippen LogP contribution in [0.1, 0.15) is 29.0 Å². The summed E-state index contributed by atoms with van der Waals surface area (Å²) < 4.78 is 44.4. The highest BCUT2D eigenvalue weighted by Crippen LogP contribution is 2.43. The van der Waals surface area contributed by atoms with E-state index in [4.69, 9.17) is 10.2 Å². The molecule has 3 rings (SSSR count). The van der Waals surface area contributed by atoms with E-state index in [9.17, 15) is 22.8 Å². The highest BCUT2D eigenvalue weighted by Gasteiger charge is 2.45. The van der Waals surface area contributed by atoms with Crippen LogP contribution in [0.4, 0.5) is 13.2 Å². The summed E-state index contributed by atoms with van der Waals surface area (Å²) in [4.78, 5) is 23.9. The van der Waals surface area contributed by atoms with Crippen LogP contribution in [0.25, 0.3) is 11.0 Å². The van der Waals surface area contributed by atoms with Gasteiger partial charge < -0.3 is 10.2 Å². The smallest absolute Gasteiger partial charge is 0.284 e. The number of alkyl halides is 2. The Hall–Kier alpha value is -2.31. The van der Waals surface area contributed by atoms with Crippen LogP contribution in [0.15, 0.2) is 27.4 Å². The summed E-state index contributed by atoms with van der Waals surface area (Å²) in [6, 6.07) is 3.30. The summed E-state index contributed by atoms with van der Waals surface area (Å²) in [6.45, 7) is 0. The van der Waals surface area contributed by atoms with Gasteiger partial charge in [-0.2, -0.15) is 0 Å². The molecule has 0 unspecified atom stereocenters. The molecule has 1 aliphatic rings. The van der Waals surface area contributed by atoms with E-state index in [-0.39, 0.29) is 41.6 Å². The molecule has 0 radical (unpaired) electrons. The Kier molecular flexibility index (Phi) is 3.23. The van der Waals surface area contributed by atoms with Crippen LogP contribution in [0, 0.1) is 11.7 Å². The molecule has 1 fully saturated rings. The van der Waals surface area contributed by atoms with Crippen molar-refractivity contribution in [1.29, 1.82) is 0 Å². The fraction of sp³-hybridized carbons (Fsp3) is 0.333. The molecule has 1 aromatic carbocycles. The Morgan fingerprint density at radius 3 is 2.64 bits per heavy atom. The molecule has 7 heteroatoms. The molecular formula is C15H12F3NO3. The standard InChI is InChI=1S/C15H12F3NO3/c16-8-1-2-11-9(4-8)12(20)10(13(22-11)14(19)21)3-7-5-15(17,18)6-7/h1-2,4,7H,3,5-6H2,(H2,19,21). The van der Waals surface area contributed by atoms with Gasteiger partial charge in [-0.25, -0.2) is 13.2 Å². The van der Waals surface area contributed by atoms with Crippen molar-refractivity contribution in [3.05, 3.63) is 45.6 Å². The molecule has 0 spiro atoms. The van der Waals surface area contributed by atoms with Gasteiger partial charge in [-0.15, -0.1) is 0 Å². The number of carbonyl (C=O) groups excluding carboxylic acids is 1. The first kappa shape index (κ1) is 14.6. The van der Waals surface area contributed by atoms with E-state index >= 15 is 0 Å². The van der Waals surface area contributed by atoms with Gasteiger partial charge in [0.15, 0.2) is 11.2 Å². The molecule has 116 valence electrons. The van der Waals surface area contributed by atoms with Gasteiger partial charge in [0, 0.05) is 18.4 Å². The maximum Gasteiger partial charge on any atom is 0.284 e. The topological polar surface area (TPSA) is 73.3 Å². The van der Waals surface area contributed by atoms with E-state index in [1.807, 2.05) is 0 Å². The number of halogens is 3. The first-order valence-corrected chi connectivity index (χ1v) is 6.70. The Labute approximate surface area is 122 Å². The van der Waals surface area contributed by atoms with Gasteiger partial charge in [0.05, 0.1) is 5.39 Å². The highest BCUT2D eigenvalue weighted by molar-refractivity contribution is 5.93. The molecule has 0 aliphatic heterocycles. The number of hydrogen-bond donors (Lipinski definition) is 1. The van der Waals surface area contributed by atoms with Crippen molar-refractivity contribution in [2.45, 2.75) is 25.2 Å². The minimum absolute atomic E-state index is 0.0305. The molecule has 1 saturated carbocycles. The van der Waals surface area contributed by atoms with Gasteiger partial charge in [-0.3, -0.25) is 9.59 Å². The lowest BCUT2D eigenvalue weighted by atomic mass is 9.77. The molecule has 2 N–H and O–H groups in total. The van der Waals surface area contributed by atoms with Crippen LogP contribution in [0.5, 0.6) is 0 Å². The summed E-state index contributed by atoms with van der Waals surface area (Å²) >= 11 is 0. The molecule has 2 aromatic rings. The SMILES string of the molecule is NC(=O)c1oc2ccc(F)cc2c(=O)c1CC1CC(F)(F)C1. The minimum Gasteiger partial charge on any atom is -0.450 e. The average Bonchev–Trinajstić information content (AvgIpc) is 2.39. The van der Waals surface area contributed by atoms with Crippen LogP contribution in [-0.2, 0) is 6.42 Å². The third kappa shape index (κ3) is 2.47. The number of carbonyl (C=O) groups is 1. The monoisotopic (exact) mass is 311 g/mol. The zero-order valence-electron chi connectivity index (χ0n) is 11.4. The molecule has 22 heavy (non-hydrogen) atoms. The van der Waals surface area contributed by atoms with Gasteiger partial charge in [0.25, 0.3) is 5.91 Å². The third-order valence-electron chi connectivity index (χ3n) is 3.84. The molecule has 4 nitrogen and oxygen atoms in total. The Morgan fingerprint density at radius 1 is 1.36 bits per heavy atom. The maximum absolute atomic E-state index is 13.3. The Morgan fingerprint density at radius 2 is 2.05 bits per heavy atom. The molecule has 0 atom stereocenters. The average molecular weight is 311 g/mol. The number of nitrogens with two attached hydrogens (primary N) is 1. The first-order valence-electron chi connectivity index (χ1n) is 6.70. The van der Waals surface area contributed by atoms with Gasteiger partial charge in [-0.1, -0.05) is 0 Å². The Balaban J connectivity index is 2.10. The summed E-state index contributed by atoms with van der Waals surface area (Å²) in [7, 11) is 0. The van der Waals surface area contributed by atoms with E-state index in [0.29, 0.717) is 0 Å². The van der Waals surface area contributed by atoms with Gasteiger partial charge in [0.2, 0.25) is 5.92 Å². The minimum atomic E-state index is -2.74. The lowest BCUT2D eigenvalue weighted by Crippen LogP contribution is -2.38. The molecule has 1 heterocycles. The van der Waals surface area contributed by atoms with Gasteiger partial charge in [-0.05, 0) is 30.5 Å². The number of rotatable bonds is 3. The van der Waals surface area contributed by atoms with Gasteiger partial charge in [0.1, 0.15) is 11.4 Å². The summed E-state index contributed by atoms with van der Waals surface area (Å²) in [5, 5.41) is -0.0360. The van der Waals surface area contributed by atoms with Crippen LogP contribution in [0.3, 0.4) is 0 Å². The third-order valence-corrected chi connectivity index (χ3v) is 3.84. The van der Waals surface area contributed by atoms with E-state index in [0.717, 1.165) is 12.1 Å². The normalized spacial score (nSPS) is 17.4.